The zero-order chi connectivity index (χ0) is 24.5. The number of aromatic nitrogens is 1. The van der Waals surface area contributed by atoms with Gasteiger partial charge in [0, 0.05) is 36.9 Å². The standard InChI is InChI=1S/C23H20F3N3O5/c1-10-3-4-23-20(10)28-8-14(21(32)27-7-13-15(25)5-12(24)6-16(13)26)18(30)19(31)17(28)22(33)29(23)11(2)9-34-23/h5-6,8,11,20,31H,1,3-4,7,9H2,2H3,(H,27,32)/t11-,20+,23+/m1/s1. The van der Waals surface area contributed by atoms with Gasteiger partial charge >= 0.3 is 0 Å². The quantitative estimate of drug-likeness (QED) is 0.664. The molecule has 1 aliphatic carbocycles. The zero-order valence-electron chi connectivity index (χ0n) is 18.0. The molecule has 2 aliphatic heterocycles. The molecule has 3 atom stereocenters. The highest BCUT2D eigenvalue weighted by atomic mass is 19.1. The molecule has 1 aromatic carbocycles. The van der Waals surface area contributed by atoms with Crippen molar-refractivity contribution in [2.45, 2.75) is 44.1 Å². The molecule has 34 heavy (non-hydrogen) atoms. The number of pyridine rings is 1. The maximum atomic E-state index is 13.9. The van der Waals surface area contributed by atoms with E-state index in [0.29, 0.717) is 30.5 Å². The van der Waals surface area contributed by atoms with Gasteiger partial charge in [0.1, 0.15) is 29.1 Å². The van der Waals surface area contributed by atoms with Gasteiger partial charge in [0.05, 0.1) is 12.6 Å². The van der Waals surface area contributed by atoms with Crippen LogP contribution < -0.4 is 10.7 Å². The first-order valence-corrected chi connectivity index (χ1v) is 10.6. The lowest BCUT2D eigenvalue weighted by molar-refractivity contribution is -0.0957. The zero-order valence-corrected chi connectivity index (χ0v) is 18.0. The van der Waals surface area contributed by atoms with Gasteiger partial charge in [-0.25, -0.2) is 13.2 Å². The average molecular weight is 475 g/mol. The minimum absolute atomic E-state index is 0.261. The Balaban J connectivity index is 1.56. The van der Waals surface area contributed by atoms with Crippen molar-refractivity contribution < 1.29 is 32.6 Å². The Labute approximate surface area is 191 Å². The van der Waals surface area contributed by atoms with E-state index in [4.69, 9.17) is 4.74 Å². The van der Waals surface area contributed by atoms with Gasteiger partial charge in [-0.05, 0) is 18.9 Å². The molecule has 1 saturated heterocycles. The summed E-state index contributed by atoms with van der Waals surface area (Å²) in [5.41, 5.74) is -2.88. The number of carbonyl (C=O) groups is 2. The maximum Gasteiger partial charge on any atom is 0.277 e. The number of aromatic hydroxyl groups is 1. The second-order valence-corrected chi connectivity index (χ2v) is 8.75. The summed E-state index contributed by atoms with van der Waals surface area (Å²) < 4.78 is 48.3. The Hall–Kier alpha value is -3.60. The summed E-state index contributed by atoms with van der Waals surface area (Å²) in [7, 11) is 0. The molecule has 11 heteroatoms. The molecule has 1 aromatic heterocycles. The predicted molar refractivity (Wildman–Crippen MR) is 112 cm³/mol. The van der Waals surface area contributed by atoms with Crippen molar-refractivity contribution >= 4 is 11.8 Å². The Bertz CT molecular complexity index is 1320. The number of halogens is 3. The fourth-order valence-corrected chi connectivity index (χ4v) is 5.22. The summed E-state index contributed by atoms with van der Waals surface area (Å²) in [6, 6.07) is -0.00675. The molecule has 1 spiro atoms. The molecule has 2 fully saturated rings. The lowest BCUT2D eigenvalue weighted by atomic mass is 9.96. The van der Waals surface area contributed by atoms with Crippen molar-refractivity contribution in [1.82, 2.24) is 14.8 Å². The van der Waals surface area contributed by atoms with Crippen molar-refractivity contribution in [1.29, 1.82) is 0 Å². The lowest BCUT2D eigenvalue weighted by Gasteiger charge is -2.45. The first kappa shape index (κ1) is 22.2. The van der Waals surface area contributed by atoms with E-state index >= 15 is 0 Å². The minimum atomic E-state index is -1.20. The van der Waals surface area contributed by atoms with Gasteiger partial charge in [0.2, 0.25) is 5.43 Å². The molecule has 2 N–H and O–H groups in total. The molecule has 0 unspecified atom stereocenters. The van der Waals surface area contributed by atoms with Gasteiger partial charge < -0.3 is 24.6 Å². The van der Waals surface area contributed by atoms with Gasteiger partial charge in [-0.15, -0.1) is 0 Å². The molecular formula is C23H20F3N3O5. The van der Waals surface area contributed by atoms with Crippen LogP contribution in [0.2, 0.25) is 0 Å². The minimum Gasteiger partial charge on any atom is -0.503 e. The van der Waals surface area contributed by atoms with Gasteiger partial charge in [0.15, 0.2) is 17.2 Å². The number of fused-ring (bicyclic) bond motifs is 2. The third-order valence-corrected chi connectivity index (χ3v) is 6.73. The van der Waals surface area contributed by atoms with Crippen LogP contribution in [0.4, 0.5) is 13.2 Å². The van der Waals surface area contributed by atoms with E-state index in [9.17, 15) is 32.7 Å². The van der Waals surface area contributed by atoms with E-state index in [-0.39, 0.29) is 18.3 Å². The van der Waals surface area contributed by atoms with Gasteiger partial charge in [-0.1, -0.05) is 6.58 Å². The summed E-state index contributed by atoms with van der Waals surface area (Å²) >= 11 is 0. The molecule has 3 heterocycles. The summed E-state index contributed by atoms with van der Waals surface area (Å²) in [5.74, 6) is -6.07. The largest absolute Gasteiger partial charge is 0.503 e. The van der Waals surface area contributed by atoms with E-state index in [2.05, 4.69) is 11.9 Å². The summed E-state index contributed by atoms with van der Waals surface area (Å²) in [5, 5.41) is 12.9. The molecule has 2 aromatic rings. The molecule has 8 nitrogen and oxygen atoms in total. The van der Waals surface area contributed by atoms with Crippen molar-refractivity contribution in [2.75, 3.05) is 6.61 Å². The van der Waals surface area contributed by atoms with Gasteiger partial charge in [0.25, 0.3) is 11.8 Å². The molecule has 1 saturated carbocycles. The van der Waals surface area contributed by atoms with E-state index in [1.807, 2.05) is 0 Å². The average Bonchev–Trinajstić information content (AvgIpc) is 3.28. The molecular weight excluding hydrogens is 455 g/mol. The first-order valence-electron chi connectivity index (χ1n) is 10.6. The van der Waals surface area contributed by atoms with Gasteiger partial charge in [-0.3, -0.25) is 14.4 Å². The van der Waals surface area contributed by atoms with Crippen LogP contribution in [0.3, 0.4) is 0 Å². The van der Waals surface area contributed by atoms with Crippen LogP contribution in [0.25, 0.3) is 0 Å². The van der Waals surface area contributed by atoms with Crippen molar-refractivity contribution in [2.24, 2.45) is 0 Å². The summed E-state index contributed by atoms with van der Waals surface area (Å²) in [6.45, 7) is 5.44. The monoisotopic (exact) mass is 475 g/mol. The second-order valence-electron chi connectivity index (χ2n) is 8.75. The van der Waals surface area contributed by atoms with E-state index in [1.54, 1.807) is 6.92 Å². The van der Waals surface area contributed by atoms with Gasteiger partial charge in [-0.2, -0.15) is 0 Å². The van der Waals surface area contributed by atoms with Crippen LogP contribution in [-0.4, -0.2) is 44.8 Å². The Morgan fingerprint density at radius 2 is 1.97 bits per heavy atom. The van der Waals surface area contributed by atoms with Crippen LogP contribution in [0.5, 0.6) is 5.75 Å². The number of nitrogens with zero attached hydrogens (tertiary/aromatic N) is 2. The number of hydrogen-bond acceptors (Lipinski definition) is 5. The third-order valence-electron chi connectivity index (χ3n) is 6.73. The molecule has 2 amide bonds. The van der Waals surface area contributed by atoms with E-state index < -0.39 is 69.9 Å². The highest BCUT2D eigenvalue weighted by molar-refractivity contribution is 6.00. The first-order chi connectivity index (χ1) is 16.1. The third kappa shape index (κ3) is 2.92. The number of rotatable bonds is 3. The summed E-state index contributed by atoms with van der Waals surface area (Å²) in [6.07, 6.45) is 2.12. The predicted octanol–water partition coefficient (Wildman–Crippen LogP) is 2.36. The van der Waals surface area contributed by atoms with Crippen LogP contribution in [0.15, 0.2) is 35.3 Å². The Morgan fingerprint density at radius 3 is 2.65 bits per heavy atom. The highest BCUT2D eigenvalue weighted by Crippen LogP contribution is 2.54. The number of amides is 2. The molecule has 3 aliphatic rings. The van der Waals surface area contributed by atoms with Crippen molar-refractivity contribution in [3.05, 3.63) is 75.0 Å². The molecule has 178 valence electrons. The number of ether oxygens (including phenoxy) is 1. The smallest absolute Gasteiger partial charge is 0.277 e. The SMILES string of the molecule is C=C1CC[C@@]23OC[C@@H](C)N2C(=O)c2c(O)c(=O)c(C(=O)NCc4c(F)cc(F)cc4F)cn2[C@@H]13. The topological polar surface area (TPSA) is 101 Å². The maximum absolute atomic E-state index is 13.9. The molecule has 5 rings (SSSR count). The van der Waals surface area contributed by atoms with E-state index in [0.717, 1.165) is 6.20 Å². The number of carbonyl (C=O) groups excluding carboxylic acids is 2. The summed E-state index contributed by atoms with van der Waals surface area (Å²) in [4.78, 5) is 40.4. The van der Waals surface area contributed by atoms with Crippen LogP contribution in [-0.2, 0) is 11.3 Å². The second kappa shape index (κ2) is 7.45. The normalized spacial score (nSPS) is 25.2. The van der Waals surface area contributed by atoms with Crippen LogP contribution in [0.1, 0.15) is 52.2 Å². The highest BCUT2D eigenvalue weighted by Gasteiger charge is 2.62. The fourth-order valence-electron chi connectivity index (χ4n) is 5.22. The van der Waals surface area contributed by atoms with Crippen LogP contribution >= 0.6 is 0 Å². The van der Waals surface area contributed by atoms with Crippen LogP contribution in [0, 0.1) is 17.5 Å². The Morgan fingerprint density at radius 1 is 1.29 bits per heavy atom. The number of hydrogen-bond donors (Lipinski definition) is 2. The Kier molecular flexibility index (Phi) is 4.87. The number of nitrogens with one attached hydrogen (secondary N) is 1. The van der Waals surface area contributed by atoms with E-state index in [1.165, 1.54) is 9.47 Å². The molecule has 0 radical (unpaired) electrons. The van der Waals surface area contributed by atoms with Crippen molar-refractivity contribution in [3.63, 3.8) is 0 Å². The number of benzene rings is 1. The fraction of sp³-hybridized carbons (Fsp3) is 0.348. The molecule has 0 bridgehead atoms. The lowest BCUT2D eigenvalue weighted by Crippen LogP contribution is -2.58. The van der Waals surface area contributed by atoms with Crippen molar-refractivity contribution in [3.8, 4) is 5.75 Å².